The quantitative estimate of drug-likeness (QED) is 0.852. The third-order valence-corrected chi connectivity index (χ3v) is 3.69. The largest absolute Gasteiger partial charge is 0.456 e. The molecule has 1 aliphatic carbocycles. The highest BCUT2D eigenvalue weighted by Gasteiger charge is 2.30. The van der Waals surface area contributed by atoms with E-state index in [0.29, 0.717) is 12.0 Å². The van der Waals surface area contributed by atoms with Crippen LogP contribution in [0.15, 0.2) is 54.6 Å². The summed E-state index contributed by atoms with van der Waals surface area (Å²) in [5.41, 5.74) is 2.51. The summed E-state index contributed by atoms with van der Waals surface area (Å²) in [7, 11) is 0. The molecule has 0 aromatic heterocycles. The van der Waals surface area contributed by atoms with Gasteiger partial charge >= 0.3 is 5.97 Å². The first-order valence-corrected chi connectivity index (χ1v) is 6.77. The summed E-state index contributed by atoms with van der Waals surface area (Å²) in [4.78, 5) is 12.0. The molecule has 2 atom stereocenters. The number of fused-ring (bicyclic) bond motifs is 1. The second-order valence-electron chi connectivity index (χ2n) is 4.99. The molecular weight excluding hydrogens is 252 g/mol. The van der Waals surface area contributed by atoms with Crippen molar-refractivity contribution in [2.45, 2.75) is 25.0 Å². The average Bonchev–Trinajstić information content (AvgIpc) is 2.51. The normalized spacial score (nSPS) is 21.1. The van der Waals surface area contributed by atoms with Gasteiger partial charge in [-0.15, -0.1) is 0 Å². The van der Waals surface area contributed by atoms with Gasteiger partial charge in [0.25, 0.3) is 0 Å². The van der Waals surface area contributed by atoms with Gasteiger partial charge in [-0.25, -0.2) is 4.79 Å². The van der Waals surface area contributed by atoms with Crippen molar-refractivity contribution in [1.29, 1.82) is 0 Å². The smallest absolute Gasteiger partial charge is 0.338 e. The van der Waals surface area contributed by atoms with Gasteiger partial charge in [-0.05, 0) is 36.1 Å². The van der Waals surface area contributed by atoms with Crippen molar-refractivity contribution in [2.75, 3.05) is 0 Å². The van der Waals surface area contributed by atoms with Gasteiger partial charge in [0.05, 0.1) is 5.56 Å². The molecule has 1 aliphatic rings. The molecule has 102 valence electrons. The highest BCUT2D eigenvalue weighted by molar-refractivity contribution is 5.89. The third-order valence-electron chi connectivity index (χ3n) is 3.69. The van der Waals surface area contributed by atoms with Crippen LogP contribution in [0.1, 0.15) is 34.0 Å². The van der Waals surface area contributed by atoms with Crippen LogP contribution in [0.2, 0.25) is 0 Å². The predicted octanol–water partition coefficient (Wildman–Crippen LogP) is 2.89. The molecule has 3 rings (SSSR count). The summed E-state index contributed by atoms with van der Waals surface area (Å²) in [6, 6.07) is 16.6. The molecular formula is C17H16O3. The maximum absolute atomic E-state index is 12.0. The Morgan fingerprint density at radius 1 is 1.05 bits per heavy atom. The monoisotopic (exact) mass is 268 g/mol. The molecule has 0 bridgehead atoms. The number of aryl methyl sites for hydroxylation is 1. The summed E-state index contributed by atoms with van der Waals surface area (Å²) in [5.74, 6) is -0.381. The fourth-order valence-electron chi connectivity index (χ4n) is 2.61. The molecule has 1 N–H and O–H groups in total. The first kappa shape index (κ1) is 12.9. The number of esters is 1. The fraction of sp³-hybridized carbons (Fsp3) is 0.235. The first-order chi connectivity index (χ1) is 9.75. The number of hydrogen-bond donors (Lipinski definition) is 1. The summed E-state index contributed by atoms with van der Waals surface area (Å²) >= 11 is 0. The number of rotatable bonds is 2. The van der Waals surface area contributed by atoms with E-state index in [1.54, 1.807) is 24.3 Å². The summed E-state index contributed by atoms with van der Waals surface area (Å²) in [5, 5.41) is 10.3. The zero-order valence-electron chi connectivity index (χ0n) is 11.0. The van der Waals surface area contributed by atoms with Crippen molar-refractivity contribution in [3.8, 4) is 0 Å². The van der Waals surface area contributed by atoms with Crippen molar-refractivity contribution in [3.05, 3.63) is 71.3 Å². The number of benzene rings is 2. The topological polar surface area (TPSA) is 46.5 Å². The lowest BCUT2D eigenvalue weighted by Gasteiger charge is -2.29. The lowest BCUT2D eigenvalue weighted by Crippen LogP contribution is -2.30. The second-order valence-corrected chi connectivity index (χ2v) is 4.99. The van der Waals surface area contributed by atoms with E-state index < -0.39 is 12.2 Å². The Kier molecular flexibility index (Phi) is 3.52. The van der Waals surface area contributed by atoms with Crippen LogP contribution in [-0.2, 0) is 11.2 Å². The van der Waals surface area contributed by atoms with Gasteiger partial charge in [0.15, 0.2) is 0 Å². The van der Waals surface area contributed by atoms with Crippen molar-refractivity contribution in [1.82, 2.24) is 0 Å². The van der Waals surface area contributed by atoms with Crippen LogP contribution < -0.4 is 0 Å². The van der Waals surface area contributed by atoms with Gasteiger partial charge in [0, 0.05) is 0 Å². The number of aliphatic hydroxyl groups excluding tert-OH is 1. The van der Waals surface area contributed by atoms with Crippen molar-refractivity contribution < 1.29 is 14.6 Å². The predicted molar refractivity (Wildman–Crippen MR) is 75.4 cm³/mol. The van der Waals surface area contributed by atoms with Crippen LogP contribution in [0.5, 0.6) is 0 Å². The summed E-state index contributed by atoms with van der Waals surface area (Å²) in [6.45, 7) is 0. The second kappa shape index (κ2) is 5.47. The zero-order valence-corrected chi connectivity index (χ0v) is 11.0. The Bertz CT molecular complexity index is 607. The summed E-state index contributed by atoms with van der Waals surface area (Å²) < 4.78 is 5.46. The first-order valence-electron chi connectivity index (χ1n) is 6.77. The van der Waals surface area contributed by atoms with Crippen molar-refractivity contribution in [2.24, 2.45) is 0 Å². The minimum absolute atomic E-state index is 0.381. The maximum Gasteiger partial charge on any atom is 0.338 e. The van der Waals surface area contributed by atoms with E-state index >= 15 is 0 Å². The Hall–Kier alpha value is -2.13. The Morgan fingerprint density at radius 3 is 2.55 bits per heavy atom. The van der Waals surface area contributed by atoms with E-state index in [0.717, 1.165) is 17.5 Å². The molecule has 3 heteroatoms. The van der Waals surface area contributed by atoms with Gasteiger partial charge < -0.3 is 9.84 Å². The van der Waals surface area contributed by atoms with Crippen LogP contribution >= 0.6 is 0 Å². The van der Waals surface area contributed by atoms with Crippen LogP contribution in [0, 0.1) is 0 Å². The molecule has 0 aliphatic heterocycles. The van der Waals surface area contributed by atoms with Gasteiger partial charge in [0.2, 0.25) is 0 Å². The SMILES string of the molecule is O=C(O[C@@H]1CCc2ccccc2[C@H]1O)c1ccccc1. The Balaban J connectivity index is 1.75. The van der Waals surface area contributed by atoms with Crippen LogP contribution in [-0.4, -0.2) is 17.2 Å². The van der Waals surface area contributed by atoms with E-state index in [-0.39, 0.29) is 5.97 Å². The van der Waals surface area contributed by atoms with Crippen molar-refractivity contribution >= 4 is 5.97 Å². The van der Waals surface area contributed by atoms with E-state index in [9.17, 15) is 9.90 Å². The molecule has 20 heavy (non-hydrogen) atoms. The maximum atomic E-state index is 12.0. The number of carbonyl (C=O) groups is 1. The molecule has 0 saturated carbocycles. The molecule has 0 fully saturated rings. The van der Waals surface area contributed by atoms with Gasteiger partial charge in [-0.2, -0.15) is 0 Å². The molecule has 0 heterocycles. The van der Waals surface area contributed by atoms with E-state index in [2.05, 4.69) is 0 Å². The van der Waals surface area contributed by atoms with E-state index in [4.69, 9.17) is 4.74 Å². The van der Waals surface area contributed by atoms with Gasteiger partial charge in [-0.3, -0.25) is 0 Å². The zero-order chi connectivity index (χ0) is 13.9. The van der Waals surface area contributed by atoms with Gasteiger partial charge in [-0.1, -0.05) is 42.5 Å². The highest BCUT2D eigenvalue weighted by Crippen LogP contribution is 2.32. The highest BCUT2D eigenvalue weighted by atomic mass is 16.6. The Labute approximate surface area is 117 Å². The van der Waals surface area contributed by atoms with Crippen LogP contribution in [0.25, 0.3) is 0 Å². The number of hydrogen-bond acceptors (Lipinski definition) is 3. The average molecular weight is 268 g/mol. The number of carbonyl (C=O) groups excluding carboxylic acids is 1. The van der Waals surface area contributed by atoms with E-state index in [1.807, 2.05) is 30.3 Å². The van der Waals surface area contributed by atoms with E-state index in [1.165, 1.54) is 0 Å². The third kappa shape index (κ3) is 2.45. The molecule has 3 nitrogen and oxygen atoms in total. The molecule has 0 saturated heterocycles. The van der Waals surface area contributed by atoms with Crippen LogP contribution in [0.4, 0.5) is 0 Å². The Morgan fingerprint density at radius 2 is 1.75 bits per heavy atom. The molecule has 0 amide bonds. The van der Waals surface area contributed by atoms with Crippen molar-refractivity contribution in [3.63, 3.8) is 0 Å². The number of aliphatic hydroxyl groups is 1. The van der Waals surface area contributed by atoms with Gasteiger partial charge in [0.1, 0.15) is 12.2 Å². The number of ether oxygens (including phenoxy) is 1. The standard InChI is InChI=1S/C17H16O3/c18-16-14-9-5-4-6-12(14)10-11-15(16)20-17(19)13-7-2-1-3-8-13/h1-9,15-16,18H,10-11H2/t15-,16-/m1/s1. The molecule has 0 spiro atoms. The molecule has 0 radical (unpaired) electrons. The lowest BCUT2D eigenvalue weighted by atomic mass is 9.87. The fourth-order valence-corrected chi connectivity index (χ4v) is 2.61. The minimum Gasteiger partial charge on any atom is -0.456 e. The molecule has 2 aromatic rings. The molecule has 0 unspecified atom stereocenters. The minimum atomic E-state index is -0.743. The van der Waals surface area contributed by atoms with Crippen LogP contribution in [0.3, 0.4) is 0 Å². The summed E-state index contributed by atoms with van der Waals surface area (Å²) in [6.07, 6.45) is 0.252. The molecule has 2 aromatic carbocycles. The lowest BCUT2D eigenvalue weighted by molar-refractivity contribution is -0.0269.